The number of rotatable bonds is 0. The van der Waals surface area contributed by atoms with Crippen LogP contribution in [0.5, 0.6) is 0 Å². The molecule has 0 atom stereocenters. The first-order valence-corrected chi connectivity index (χ1v) is 5.55. The Balaban J connectivity index is 0.000000457. The molecule has 0 aliphatic carbocycles. The number of benzene rings is 2. The lowest BCUT2D eigenvalue weighted by Gasteiger charge is -2.19. The van der Waals surface area contributed by atoms with Gasteiger partial charge in [-0.25, -0.2) is 0 Å². The van der Waals surface area contributed by atoms with E-state index in [1.807, 2.05) is 11.8 Å². The van der Waals surface area contributed by atoms with Crippen LogP contribution in [-0.4, -0.2) is 0 Å². The SMILES string of the molecule is O=O.c1ccc2c(c1)Nc1ccccc1S2. The van der Waals surface area contributed by atoms with Gasteiger partial charge in [0.1, 0.15) is 0 Å². The Kier molecular flexibility index (Phi) is 3.22. The van der Waals surface area contributed by atoms with Gasteiger partial charge in [-0.1, -0.05) is 36.0 Å². The van der Waals surface area contributed by atoms with Crippen LogP contribution in [0.1, 0.15) is 0 Å². The molecule has 0 spiro atoms. The fourth-order valence-corrected chi connectivity index (χ4v) is 2.57. The summed E-state index contributed by atoms with van der Waals surface area (Å²) in [5, 5.41) is 3.42. The van der Waals surface area contributed by atoms with Gasteiger partial charge in [0, 0.05) is 19.7 Å². The maximum atomic E-state index is 7.00. The highest BCUT2D eigenvalue weighted by Crippen LogP contribution is 2.43. The molecule has 1 N–H and O–H groups in total. The first kappa shape index (κ1) is 10.7. The van der Waals surface area contributed by atoms with Crippen molar-refractivity contribution in [3.8, 4) is 0 Å². The van der Waals surface area contributed by atoms with Gasteiger partial charge in [0.25, 0.3) is 0 Å². The molecule has 0 unspecified atom stereocenters. The average Bonchev–Trinajstić information content (AvgIpc) is 2.38. The van der Waals surface area contributed by atoms with E-state index in [9.17, 15) is 0 Å². The molecule has 2 aromatic rings. The van der Waals surface area contributed by atoms with Crippen molar-refractivity contribution in [2.45, 2.75) is 9.79 Å². The van der Waals surface area contributed by atoms with E-state index >= 15 is 0 Å². The summed E-state index contributed by atoms with van der Waals surface area (Å²) in [5.41, 5.74) is 2.41. The van der Waals surface area contributed by atoms with E-state index < -0.39 is 0 Å². The monoisotopic (exact) mass is 231 g/mol. The zero-order valence-corrected chi connectivity index (χ0v) is 9.16. The van der Waals surface area contributed by atoms with Crippen LogP contribution in [0.4, 0.5) is 11.4 Å². The molecule has 3 rings (SSSR count). The largest absolute Gasteiger partial charge is 0.354 e. The lowest BCUT2D eigenvalue weighted by atomic mass is 10.2. The molecule has 4 heteroatoms. The maximum Gasteiger partial charge on any atom is 0.0526 e. The summed E-state index contributed by atoms with van der Waals surface area (Å²) in [7, 11) is 0. The molecule has 0 radical (unpaired) electrons. The van der Waals surface area contributed by atoms with Crippen molar-refractivity contribution in [1.29, 1.82) is 0 Å². The second-order valence-electron chi connectivity index (χ2n) is 3.22. The van der Waals surface area contributed by atoms with Crippen molar-refractivity contribution < 1.29 is 0 Å². The third-order valence-corrected chi connectivity index (χ3v) is 3.42. The third kappa shape index (κ3) is 1.92. The summed E-state index contributed by atoms with van der Waals surface area (Å²) in [6.07, 6.45) is 0. The van der Waals surface area contributed by atoms with E-state index in [0.29, 0.717) is 0 Å². The van der Waals surface area contributed by atoms with E-state index in [0.717, 1.165) is 0 Å². The van der Waals surface area contributed by atoms with Crippen LogP contribution < -0.4 is 5.32 Å². The minimum absolute atomic E-state index is 1.20. The van der Waals surface area contributed by atoms with Crippen LogP contribution in [0.3, 0.4) is 0 Å². The van der Waals surface area contributed by atoms with Crippen molar-refractivity contribution >= 4 is 23.1 Å². The van der Waals surface area contributed by atoms with Gasteiger partial charge < -0.3 is 5.32 Å². The van der Waals surface area contributed by atoms with E-state index in [2.05, 4.69) is 53.8 Å². The van der Waals surface area contributed by atoms with Crippen molar-refractivity contribution in [1.82, 2.24) is 0 Å². The molecular formula is C12H9NO2S. The van der Waals surface area contributed by atoms with Gasteiger partial charge in [-0.2, -0.15) is 0 Å². The second kappa shape index (κ2) is 4.81. The lowest BCUT2D eigenvalue weighted by molar-refractivity contribution is 1.32. The average molecular weight is 231 g/mol. The molecule has 16 heavy (non-hydrogen) atoms. The molecule has 0 amide bonds. The van der Waals surface area contributed by atoms with E-state index in [-0.39, 0.29) is 0 Å². The number of anilines is 2. The molecule has 0 bridgehead atoms. The Morgan fingerprint density at radius 3 is 1.69 bits per heavy atom. The molecule has 0 saturated carbocycles. The molecule has 80 valence electrons. The highest BCUT2D eigenvalue weighted by molar-refractivity contribution is 7.99. The van der Waals surface area contributed by atoms with E-state index in [1.165, 1.54) is 21.2 Å². The zero-order chi connectivity index (χ0) is 11.4. The molecule has 2 aromatic carbocycles. The van der Waals surface area contributed by atoms with E-state index in [4.69, 9.17) is 9.93 Å². The number of hydrogen-bond donors (Lipinski definition) is 1. The quantitative estimate of drug-likeness (QED) is 0.636. The smallest absolute Gasteiger partial charge is 0.0526 e. The van der Waals surface area contributed by atoms with Crippen LogP contribution in [0, 0.1) is 9.93 Å². The van der Waals surface area contributed by atoms with Gasteiger partial charge in [0.05, 0.1) is 11.4 Å². The predicted molar refractivity (Wildman–Crippen MR) is 67.0 cm³/mol. The fourth-order valence-electron chi connectivity index (χ4n) is 1.58. The molecule has 3 nitrogen and oxygen atoms in total. The predicted octanol–water partition coefficient (Wildman–Crippen LogP) is 3.96. The van der Waals surface area contributed by atoms with Crippen LogP contribution in [0.25, 0.3) is 0 Å². The number of para-hydroxylation sites is 2. The summed E-state index contributed by atoms with van der Waals surface area (Å²) >= 11 is 1.82. The summed E-state index contributed by atoms with van der Waals surface area (Å²) in [6, 6.07) is 16.8. The minimum atomic E-state index is 1.20. The Bertz CT molecular complexity index is 414. The molecule has 0 fully saturated rings. The van der Waals surface area contributed by atoms with Crippen LogP contribution >= 0.6 is 11.8 Å². The van der Waals surface area contributed by atoms with Gasteiger partial charge >= 0.3 is 0 Å². The lowest BCUT2D eigenvalue weighted by Crippen LogP contribution is -1.98. The Labute approximate surface area is 97.1 Å². The normalized spacial score (nSPS) is 11.2. The van der Waals surface area contributed by atoms with Crippen LogP contribution in [0.15, 0.2) is 58.3 Å². The molecule has 1 aliphatic rings. The molecule has 1 heterocycles. The van der Waals surface area contributed by atoms with Crippen molar-refractivity contribution in [2.75, 3.05) is 5.32 Å². The van der Waals surface area contributed by atoms with E-state index in [1.54, 1.807) is 0 Å². The van der Waals surface area contributed by atoms with Gasteiger partial charge in [-0.15, -0.1) is 0 Å². The number of fused-ring (bicyclic) bond motifs is 2. The van der Waals surface area contributed by atoms with Crippen LogP contribution in [0.2, 0.25) is 0 Å². The van der Waals surface area contributed by atoms with Gasteiger partial charge in [0.2, 0.25) is 0 Å². The van der Waals surface area contributed by atoms with Crippen molar-refractivity contribution in [2.24, 2.45) is 0 Å². The Hall–Kier alpha value is -1.81. The van der Waals surface area contributed by atoms with Gasteiger partial charge in [-0.3, -0.25) is 0 Å². The van der Waals surface area contributed by atoms with Crippen LogP contribution in [-0.2, 0) is 0 Å². The third-order valence-electron chi connectivity index (χ3n) is 2.26. The second-order valence-corrected chi connectivity index (χ2v) is 4.30. The zero-order valence-electron chi connectivity index (χ0n) is 8.34. The minimum Gasteiger partial charge on any atom is -0.354 e. The van der Waals surface area contributed by atoms with Crippen molar-refractivity contribution in [3.63, 3.8) is 0 Å². The summed E-state index contributed by atoms with van der Waals surface area (Å²) in [4.78, 5) is 16.6. The van der Waals surface area contributed by atoms with Gasteiger partial charge in [0.15, 0.2) is 0 Å². The highest BCUT2D eigenvalue weighted by Gasteiger charge is 2.13. The summed E-state index contributed by atoms with van der Waals surface area (Å²) in [6.45, 7) is 0. The summed E-state index contributed by atoms with van der Waals surface area (Å²) < 4.78 is 0. The fraction of sp³-hybridized carbons (Fsp3) is 0. The summed E-state index contributed by atoms with van der Waals surface area (Å²) in [5.74, 6) is 0. The first-order chi connectivity index (χ1) is 7.93. The standard InChI is InChI=1S/C12H9NS.O2/c1-3-7-11-9(5-1)13-10-6-2-4-8-12(10)14-11;1-2/h1-8,13H;. The topological polar surface area (TPSA) is 46.2 Å². The number of hydrogen-bond acceptors (Lipinski definition) is 4. The molecule has 0 aromatic heterocycles. The van der Waals surface area contributed by atoms with Crippen molar-refractivity contribution in [3.05, 3.63) is 58.5 Å². The number of nitrogens with one attached hydrogen (secondary N) is 1. The Morgan fingerprint density at radius 2 is 1.19 bits per heavy atom. The molecule has 0 saturated heterocycles. The first-order valence-electron chi connectivity index (χ1n) is 4.73. The Morgan fingerprint density at radius 1 is 0.750 bits per heavy atom. The van der Waals surface area contributed by atoms with Gasteiger partial charge in [-0.05, 0) is 24.3 Å². The molecular weight excluding hydrogens is 222 g/mol. The maximum absolute atomic E-state index is 7.00. The highest BCUT2D eigenvalue weighted by atomic mass is 32.2. The molecule has 1 aliphatic heterocycles.